The summed E-state index contributed by atoms with van der Waals surface area (Å²) in [5.74, 6) is 3.56. The van der Waals surface area contributed by atoms with E-state index in [-0.39, 0.29) is 0 Å². The molecule has 0 heterocycles. The van der Waals surface area contributed by atoms with Gasteiger partial charge in [0.15, 0.2) is 0 Å². The lowest BCUT2D eigenvalue weighted by Gasteiger charge is -2.26. The van der Waals surface area contributed by atoms with Crippen LogP contribution in [0.3, 0.4) is 0 Å². The van der Waals surface area contributed by atoms with E-state index in [1.165, 1.54) is 50.0 Å². The van der Waals surface area contributed by atoms with Gasteiger partial charge in [0.05, 0.1) is 0 Å². The topological polar surface area (TPSA) is 26.0 Å². The third-order valence-corrected chi connectivity index (χ3v) is 3.91. The van der Waals surface area contributed by atoms with Crippen LogP contribution in [0.4, 0.5) is 0 Å². The Hall–Kier alpha value is 0.310. The first-order valence-corrected chi connectivity index (χ1v) is 6.81. The summed E-state index contributed by atoms with van der Waals surface area (Å²) in [5.41, 5.74) is 5.95. The van der Waals surface area contributed by atoms with Crippen molar-refractivity contribution in [2.24, 2.45) is 11.7 Å². The van der Waals surface area contributed by atoms with Crippen molar-refractivity contribution >= 4 is 11.8 Å². The lowest BCUT2D eigenvalue weighted by Crippen LogP contribution is -2.27. The van der Waals surface area contributed by atoms with Gasteiger partial charge in [-0.2, -0.15) is 11.8 Å². The van der Waals surface area contributed by atoms with Crippen LogP contribution in [0.25, 0.3) is 0 Å². The third-order valence-electron chi connectivity index (χ3n) is 2.93. The molecule has 1 aliphatic carbocycles. The Bertz CT molecular complexity index is 127. The molecule has 0 saturated heterocycles. The average molecular weight is 201 g/mol. The second-order valence-corrected chi connectivity index (χ2v) is 5.53. The van der Waals surface area contributed by atoms with E-state index in [1.54, 1.807) is 0 Å². The molecular weight excluding hydrogens is 178 g/mol. The lowest BCUT2D eigenvalue weighted by molar-refractivity contribution is 0.305. The van der Waals surface area contributed by atoms with Crippen molar-refractivity contribution in [3.8, 4) is 0 Å². The molecule has 1 aliphatic rings. The van der Waals surface area contributed by atoms with Crippen LogP contribution in [0.1, 0.15) is 45.4 Å². The predicted octanol–water partition coefficient (Wildman–Crippen LogP) is 3.04. The smallest absolute Gasteiger partial charge is 0.00414 e. The predicted molar refractivity (Wildman–Crippen MR) is 62.2 cm³/mol. The largest absolute Gasteiger partial charge is 0.328 e. The molecule has 0 aromatic carbocycles. The van der Waals surface area contributed by atoms with Crippen molar-refractivity contribution in [1.29, 1.82) is 0 Å². The quantitative estimate of drug-likeness (QED) is 0.692. The van der Waals surface area contributed by atoms with Crippen molar-refractivity contribution in [1.82, 2.24) is 0 Å². The maximum absolute atomic E-state index is 5.95. The van der Waals surface area contributed by atoms with Crippen LogP contribution in [-0.4, -0.2) is 17.5 Å². The molecule has 0 spiro atoms. The Labute approximate surface area is 86.8 Å². The fraction of sp³-hybridized carbons (Fsp3) is 1.00. The second-order valence-electron chi connectivity index (χ2n) is 4.13. The van der Waals surface area contributed by atoms with Gasteiger partial charge in [-0.1, -0.05) is 19.8 Å². The van der Waals surface area contributed by atoms with Gasteiger partial charge in [-0.15, -0.1) is 0 Å². The Balaban J connectivity index is 2.00. The minimum absolute atomic E-state index is 0.512. The zero-order chi connectivity index (χ0) is 9.52. The Morgan fingerprint density at radius 1 is 1.38 bits per heavy atom. The van der Waals surface area contributed by atoms with Crippen LogP contribution in [-0.2, 0) is 0 Å². The highest BCUT2D eigenvalue weighted by molar-refractivity contribution is 7.99. The molecular formula is C11H23NS. The molecule has 0 bridgehead atoms. The van der Waals surface area contributed by atoms with E-state index in [0.717, 1.165) is 5.92 Å². The summed E-state index contributed by atoms with van der Waals surface area (Å²) < 4.78 is 0. The molecule has 1 nitrogen and oxygen atoms in total. The van der Waals surface area contributed by atoms with Crippen molar-refractivity contribution in [2.75, 3.05) is 11.5 Å². The van der Waals surface area contributed by atoms with Crippen LogP contribution >= 0.6 is 11.8 Å². The van der Waals surface area contributed by atoms with Crippen LogP contribution in [0.2, 0.25) is 0 Å². The Morgan fingerprint density at radius 3 is 2.92 bits per heavy atom. The molecule has 2 N–H and O–H groups in total. The molecule has 1 fully saturated rings. The molecule has 0 amide bonds. The third kappa shape index (κ3) is 4.92. The van der Waals surface area contributed by atoms with E-state index in [2.05, 4.69) is 18.7 Å². The van der Waals surface area contributed by atoms with Crippen LogP contribution in [0, 0.1) is 5.92 Å². The fourth-order valence-electron chi connectivity index (χ4n) is 2.21. The average Bonchev–Trinajstić information content (AvgIpc) is 2.13. The van der Waals surface area contributed by atoms with E-state index < -0.39 is 0 Å². The van der Waals surface area contributed by atoms with E-state index >= 15 is 0 Å². The van der Waals surface area contributed by atoms with Crippen molar-refractivity contribution in [3.05, 3.63) is 0 Å². The van der Waals surface area contributed by atoms with Crippen LogP contribution in [0.15, 0.2) is 0 Å². The number of thioether (sulfide) groups is 1. The zero-order valence-electron chi connectivity index (χ0n) is 8.80. The van der Waals surface area contributed by atoms with Gasteiger partial charge in [0, 0.05) is 6.04 Å². The minimum Gasteiger partial charge on any atom is -0.328 e. The van der Waals surface area contributed by atoms with Crippen LogP contribution < -0.4 is 5.73 Å². The summed E-state index contributed by atoms with van der Waals surface area (Å²) in [6.45, 7) is 2.24. The van der Waals surface area contributed by atoms with Gasteiger partial charge < -0.3 is 5.73 Å². The van der Waals surface area contributed by atoms with E-state index in [4.69, 9.17) is 5.73 Å². The summed E-state index contributed by atoms with van der Waals surface area (Å²) in [6.07, 6.45) is 8.17. The van der Waals surface area contributed by atoms with E-state index in [9.17, 15) is 0 Å². The fourth-order valence-corrected chi connectivity index (χ4v) is 2.87. The van der Waals surface area contributed by atoms with Gasteiger partial charge >= 0.3 is 0 Å². The summed E-state index contributed by atoms with van der Waals surface area (Å²) in [4.78, 5) is 0. The lowest BCUT2D eigenvalue weighted by atomic mass is 9.84. The van der Waals surface area contributed by atoms with Gasteiger partial charge in [-0.05, 0) is 43.1 Å². The van der Waals surface area contributed by atoms with Gasteiger partial charge in [0.25, 0.3) is 0 Å². The molecule has 0 radical (unpaired) electrons. The van der Waals surface area contributed by atoms with Crippen molar-refractivity contribution < 1.29 is 0 Å². The highest BCUT2D eigenvalue weighted by atomic mass is 32.2. The Kier molecular flexibility index (Phi) is 5.88. The summed E-state index contributed by atoms with van der Waals surface area (Å²) in [7, 11) is 0. The summed E-state index contributed by atoms with van der Waals surface area (Å²) >= 11 is 2.07. The first-order chi connectivity index (χ1) is 6.33. The molecule has 78 valence electrons. The van der Waals surface area contributed by atoms with Gasteiger partial charge in [0.2, 0.25) is 0 Å². The second kappa shape index (κ2) is 6.72. The molecule has 1 rings (SSSR count). The van der Waals surface area contributed by atoms with E-state index in [1.807, 2.05) is 0 Å². The Morgan fingerprint density at radius 2 is 2.23 bits per heavy atom. The van der Waals surface area contributed by atoms with Gasteiger partial charge in [-0.3, -0.25) is 0 Å². The molecule has 0 aliphatic heterocycles. The van der Waals surface area contributed by atoms with E-state index in [0.29, 0.717) is 6.04 Å². The monoisotopic (exact) mass is 201 g/mol. The van der Waals surface area contributed by atoms with Gasteiger partial charge in [-0.25, -0.2) is 0 Å². The molecule has 1 saturated carbocycles. The number of hydrogen-bond donors (Lipinski definition) is 1. The first-order valence-electron chi connectivity index (χ1n) is 5.66. The van der Waals surface area contributed by atoms with Crippen LogP contribution in [0.5, 0.6) is 0 Å². The van der Waals surface area contributed by atoms with Crippen molar-refractivity contribution in [2.45, 2.75) is 51.5 Å². The molecule has 2 heteroatoms. The van der Waals surface area contributed by atoms with Gasteiger partial charge in [0.1, 0.15) is 0 Å². The molecule has 2 unspecified atom stereocenters. The normalized spacial score (nSPS) is 29.1. The molecule has 13 heavy (non-hydrogen) atoms. The SMILES string of the molecule is CCSCCCC1CCCC(N)C1. The highest BCUT2D eigenvalue weighted by Gasteiger charge is 2.18. The molecule has 2 atom stereocenters. The minimum atomic E-state index is 0.512. The first kappa shape index (κ1) is 11.4. The maximum Gasteiger partial charge on any atom is 0.00414 e. The molecule has 0 aromatic heterocycles. The highest BCUT2D eigenvalue weighted by Crippen LogP contribution is 2.27. The maximum atomic E-state index is 5.95. The standard InChI is InChI=1S/C11H23NS/c1-2-13-8-4-6-10-5-3-7-11(12)9-10/h10-11H,2-9,12H2,1H3. The number of rotatable bonds is 5. The summed E-state index contributed by atoms with van der Waals surface area (Å²) in [6, 6.07) is 0.512. The zero-order valence-corrected chi connectivity index (χ0v) is 9.61. The number of hydrogen-bond acceptors (Lipinski definition) is 2. The molecule has 0 aromatic rings. The van der Waals surface area contributed by atoms with Crippen molar-refractivity contribution in [3.63, 3.8) is 0 Å². The number of nitrogens with two attached hydrogens (primary N) is 1. The summed E-state index contributed by atoms with van der Waals surface area (Å²) in [5, 5.41) is 0.